The summed E-state index contributed by atoms with van der Waals surface area (Å²) < 4.78 is 84.3. The van der Waals surface area contributed by atoms with Crippen molar-refractivity contribution in [2.75, 3.05) is 19.7 Å². The van der Waals surface area contributed by atoms with Crippen molar-refractivity contribution < 1.29 is 45.4 Å². The molecular formula is C23H25F6N3O4. The van der Waals surface area contributed by atoms with Crippen LogP contribution in [0.15, 0.2) is 24.3 Å². The Kier molecular flexibility index (Phi) is 6.04. The first-order valence-corrected chi connectivity index (χ1v) is 11.7. The minimum absolute atomic E-state index is 0.0547. The molecule has 4 saturated carbocycles. The lowest BCUT2D eigenvalue weighted by atomic mass is 9.76. The lowest BCUT2D eigenvalue weighted by Crippen LogP contribution is -2.53. The van der Waals surface area contributed by atoms with Crippen molar-refractivity contribution in [1.82, 2.24) is 15.1 Å². The fourth-order valence-corrected chi connectivity index (χ4v) is 5.98. The highest BCUT2D eigenvalue weighted by Crippen LogP contribution is 2.54. The lowest BCUT2D eigenvalue weighted by molar-refractivity contribution is -0.353. The van der Waals surface area contributed by atoms with Crippen molar-refractivity contribution in [1.29, 1.82) is 0 Å². The van der Waals surface area contributed by atoms with Gasteiger partial charge in [0.1, 0.15) is 5.75 Å². The maximum absolute atomic E-state index is 13.0. The topological polar surface area (TPSA) is 71.1 Å². The fourth-order valence-electron chi connectivity index (χ4n) is 5.98. The molecule has 1 atom stereocenters. The predicted octanol–water partition coefficient (Wildman–Crippen LogP) is 3.93. The Labute approximate surface area is 202 Å². The van der Waals surface area contributed by atoms with Gasteiger partial charge in [-0.1, -0.05) is 0 Å². The van der Waals surface area contributed by atoms with Gasteiger partial charge in [-0.3, -0.25) is 9.53 Å². The molecule has 198 valence electrons. The first-order chi connectivity index (χ1) is 16.8. The number of hydrogen-bond donors (Lipinski definition) is 1. The normalized spacial score (nSPS) is 31.8. The van der Waals surface area contributed by atoms with Gasteiger partial charge in [-0.25, -0.2) is 4.79 Å². The van der Waals surface area contributed by atoms with Crippen molar-refractivity contribution in [3.8, 4) is 5.75 Å². The fraction of sp³-hybridized carbons (Fsp3) is 0.652. The van der Waals surface area contributed by atoms with Crippen molar-refractivity contribution in [3.05, 3.63) is 29.8 Å². The number of fused-ring (bicyclic) bond motifs is 1. The van der Waals surface area contributed by atoms with Crippen LogP contribution < -0.4 is 10.1 Å². The maximum atomic E-state index is 13.0. The van der Waals surface area contributed by atoms with Gasteiger partial charge in [0.05, 0.1) is 11.7 Å². The Bertz CT molecular complexity index is 1000. The van der Waals surface area contributed by atoms with Crippen LogP contribution in [0.4, 0.5) is 31.1 Å². The summed E-state index contributed by atoms with van der Waals surface area (Å²) in [7, 11) is 0. The summed E-state index contributed by atoms with van der Waals surface area (Å²) in [5.41, 5.74) is -1.26. The van der Waals surface area contributed by atoms with Gasteiger partial charge in [0.2, 0.25) is 0 Å². The van der Waals surface area contributed by atoms with Gasteiger partial charge in [-0.05, 0) is 62.3 Å². The molecule has 7 nitrogen and oxygen atoms in total. The lowest BCUT2D eigenvalue weighted by Gasteiger charge is -2.41. The predicted molar refractivity (Wildman–Crippen MR) is 112 cm³/mol. The number of benzene rings is 1. The number of amides is 3. The van der Waals surface area contributed by atoms with E-state index in [2.05, 4.69) is 10.1 Å². The molecule has 1 unspecified atom stereocenters. The number of rotatable bonds is 7. The first-order valence-electron chi connectivity index (χ1n) is 11.7. The number of alkyl halides is 6. The number of nitrogens with zero attached hydrogens (tertiary/aromatic N) is 2. The molecule has 13 heteroatoms. The zero-order valence-electron chi connectivity index (χ0n) is 19.1. The average Bonchev–Trinajstić information content (AvgIpc) is 3.38. The smallest absolute Gasteiger partial charge is 0.484 e. The van der Waals surface area contributed by atoms with Gasteiger partial charge in [0.15, 0.2) is 6.61 Å². The Morgan fingerprint density at radius 1 is 1.00 bits per heavy atom. The molecule has 1 N–H and O–H groups in total. The molecule has 3 amide bonds. The number of ether oxygens (including phenoxy) is 2. The average molecular weight is 521 g/mol. The van der Waals surface area contributed by atoms with Crippen molar-refractivity contribution >= 4 is 11.9 Å². The first kappa shape index (κ1) is 25.0. The summed E-state index contributed by atoms with van der Waals surface area (Å²) in [5.74, 6) is -0.0191. The van der Waals surface area contributed by atoms with Gasteiger partial charge < -0.3 is 19.9 Å². The third-order valence-corrected chi connectivity index (χ3v) is 7.69. The van der Waals surface area contributed by atoms with E-state index in [0.29, 0.717) is 32.4 Å². The Morgan fingerprint density at radius 3 is 2.25 bits per heavy atom. The summed E-state index contributed by atoms with van der Waals surface area (Å²) in [6.45, 7) is 0.593. The molecule has 1 aromatic carbocycles. The van der Waals surface area contributed by atoms with E-state index in [0.717, 1.165) is 24.3 Å². The van der Waals surface area contributed by atoms with E-state index in [1.54, 1.807) is 9.80 Å². The highest BCUT2D eigenvalue weighted by Gasteiger charge is 2.60. The molecule has 1 aliphatic heterocycles. The number of hydrogen-bond acceptors (Lipinski definition) is 4. The van der Waals surface area contributed by atoms with Crippen LogP contribution in [0.2, 0.25) is 0 Å². The summed E-state index contributed by atoms with van der Waals surface area (Å²) in [5, 5.41) is 2.96. The molecule has 0 radical (unpaired) electrons. The highest BCUT2D eigenvalue weighted by molar-refractivity contribution is 5.79. The molecule has 5 aliphatic rings. The maximum Gasteiger partial charge on any atom is 0.522 e. The van der Waals surface area contributed by atoms with Crippen LogP contribution in [0.1, 0.15) is 37.7 Å². The van der Waals surface area contributed by atoms with E-state index < -0.39 is 35.7 Å². The molecule has 0 spiro atoms. The largest absolute Gasteiger partial charge is 0.522 e. The Morgan fingerprint density at radius 2 is 1.64 bits per heavy atom. The summed E-state index contributed by atoms with van der Waals surface area (Å²) in [6.07, 6.45) is -7.74. The summed E-state index contributed by atoms with van der Waals surface area (Å²) >= 11 is 0. The summed E-state index contributed by atoms with van der Waals surface area (Å²) in [4.78, 5) is 28.8. The van der Waals surface area contributed by atoms with Gasteiger partial charge in [-0.2, -0.15) is 13.2 Å². The third-order valence-electron chi connectivity index (χ3n) is 7.69. The number of halogens is 6. The number of urea groups is 1. The van der Waals surface area contributed by atoms with Gasteiger partial charge in [0.25, 0.3) is 5.91 Å². The molecule has 5 fully saturated rings. The van der Waals surface area contributed by atoms with E-state index in [1.807, 2.05) is 0 Å². The summed E-state index contributed by atoms with van der Waals surface area (Å²) in [6, 6.07) is 3.58. The third kappa shape index (κ3) is 4.94. The monoisotopic (exact) mass is 521 g/mol. The standard InChI is InChI=1S/C23H25F6N3O4/c24-22(25,26)14-1-3-16(4-2-14)35-12-19(33)30-21-9-13(10-21)18(11-21)32-6-5-31(20(32)34)15-7-17(8-15)36-23(27,28)29/h1-4,13,15,17-18H,5-12H2,(H,30,33). The van der Waals surface area contributed by atoms with Crippen LogP contribution in [-0.2, 0) is 15.7 Å². The Hall–Kier alpha value is -2.70. The van der Waals surface area contributed by atoms with Crippen molar-refractivity contribution in [2.24, 2.45) is 5.92 Å². The molecule has 36 heavy (non-hydrogen) atoms. The highest BCUT2D eigenvalue weighted by atomic mass is 19.4. The van der Waals surface area contributed by atoms with Gasteiger partial charge >= 0.3 is 18.6 Å². The molecule has 1 heterocycles. The van der Waals surface area contributed by atoms with Crippen LogP contribution in [0.5, 0.6) is 5.75 Å². The minimum atomic E-state index is -4.68. The van der Waals surface area contributed by atoms with E-state index in [-0.39, 0.29) is 49.2 Å². The molecule has 2 bridgehead atoms. The van der Waals surface area contributed by atoms with E-state index in [4.69, 9.17) is 4.74 Å². The van der Waals surface area contributed by atoms with Crippen LogP contribution >= 0.6 is 0 Å². The Balaban J connectivity index is 1.08. The number of nitrogens with one attached hydrogen (secondary N) is 1. The number of carbonyl (C=O) groups is 2. The van der Waals surface area contributed by atoms with Crippen LogP contribution in [0.25, 0.3) is 0 Å². The van der Waals surface area contributed by atoms with Crippen LogP contribution in [0, 0.1) is 5.92 Å². The van der Waals surface area contributed by atoms with Crippen molar-refractivity contribution in [3.63, 3.8) is 0 Å². The molecule has 0 aromatic heterocycles. The van der Waals surface area contributed by atoms with E-state index in [1.165, 1.54) is 0 Å². The number of carbonyl (C=O) groups excluding carboxylic acids is 2. The van der Waals surface area contributed by atoms with Gasteiger partial charge in [0, 0.05) is 30.7 Å². The molecule has 6 rings (SSSR count). The molecular weight excluding hydrogens is 496 g/mol. The molecule has 4 aliphatic carbocycles. The second-order valence-electron chi connectivity index (χ2n) is 10.1. The molecule has 1 aromatic rings. The second-order valence-corrected chi connectivity index (χ2v) is 10.1. The van der Waals surface area contributed by atoms with Crippen LogP contribution in [-0.4, -0.2) is 71.5 Å². The van der Waals surface area contributed by atoms with E-state index in [9.17, 15) is 35.9 Å². The van der Waals surface area contributed by atoms with Gasteiger partial charge in [-0.15, -0.1) is 13.2 Å². The SMILES string of the molecule is O=C(COc1ccc(C(F)(F)F)cc1)NC12CC(C1)C(N1CCN(C3CC(OC(F)(F)F)C3)C1=O)C2. The zero-order chi connectivity index (χ0) is 25.9. The van der Waals surface area contributed by atoms with Crippen LogP contribution in [0.3, 0.4) is 0 Å². The molecule has 1 saturated heterocycles. The quantitative estimate of drug-likeness (QED) is 0.553. The van der Waals surface area contributed by atoms with E-state index >= 15 is 0 Å². The minimum Gasteiger partial charge on any atom is -0.484 e. The zero-order valence-corrected chi connectivity index (χ0v) is 19.1. The van der Waals surface area contributed by atoms with Crippen molar-refractivity contribution in [2.45, 2.75) is 68.4 Å². The second kappa shape index (κ2) is 8.70.